The van der Waals surface area contributed by atoms with E-state index in [1.165, 1.54) is 4.90 Å². The summed E-state index contributed by atoms with van der Waals surface area (Å²) in [5.74, 6) is -0.619. The summed E-state index contributed by atoms with van der Waals surface area (Å²) in [4.78, 5) is 40.3. The number of anilines is 3. The minimum absolute atomic E-state index is 0.00964. The van der Waals surface area contributed by atoms with Crippen molar-refractivity contribution in [1.29, 1.82) is 0 Å². The molecule has 5 rings (SSSR count). The summed E-state index contributed by atoms with van der Waals surface area (Å²) in [6, 6.07) is 26.4. The van der Waals surface area contributed by atoms with Gasteiger partial charge in [0.1, 0.15) is 0 Å². The molecular weight excluding hydrogens is 489 g/mol. The Bertz CT molecular complexity index is 1100. The quantitative estimate of drug-likeness (QED) is 0.409. The van der Waals surface area contributed by atoms with Crippen molar-refractivity contribution in [3.05, 3.63) is 89.4 Å². The molecule has 32 heavy (non-hydrogen) atoms. The number of carbonyl (C=O) groups is 2. The van der Waals surface area contributed by atoms with Gasteiger partial charge in [-0.05, 0) is 0 Å². The maximum absolute atomic E-state index is 13.7. The predicted molar refractivity (Wildman–Crippen MR) is 133 cm³/mol. The summed E-state index contributed by atoms with van der Waals surface area (Å²) >= 11 is 3.39. The maximum atomic E-state index is 13.7. The van der Waals surface area contributed by atoms with E-state index in [2.05, 4.69) is 15.9 Å². The molecule has 1 atom stereocenters. The van der Waals surface area contributed by atoms with Crippen molar-refractivity contribution >= 4 is 52.6 Å². The van der Waals surface area contributed by atoms with Crippen LogP contribution in [0.25, 0.3) is 0 Å². The van der Waals surface area contributed by atoms with E-state index in [-0.39, 0.29) is 18.2 Å². The molecule has 0 bridgehead atoms. The van der Waals surface area contributed by atoms with Gasteiger partial charge in [0.05, 0.1) is 0 Å². The Morgan fingerprint density at radius 2 is 1.25 bits per heavy atom. The van der Waals surface area contributed by atoms with Crippen molar-refractivity contribution in [2.75, 3.05) is 27.3 Å². The van der Waals surface area contributed by atoms with Crippen molar-refractivity contribution in [2.24, 2.45) is 0 Å². The number of benzene rings is 3. The number of imide groups is 1. The second-order valence-corrected chi connectivity index (χ2v) is 12.0. The van der Waals surface area contributed by atoms with Gasteiger partial charge < -0.3 is 0 Å². The van der Waals surface area contributed by atoms with Gasteiger partial charge in [0.15, 0.2) is 0 Å². The van der Waals surface area contributed by atoms with E-state index >= 15 is 0 Å². The molecule has 0 aromatic heterocycles. The van der Waals surface area contributed by atoms with Gasteiger partial charge in [-0.2, -0.15) is 0 Å². The van der Waals surface area contributed by atoms with Gasteiger partial charge in [-0.3, -0.25) is 0 Å². The molecule has 2 aliphatic rings. The van der Waals surface area contributed by atoms with Crippen molar-refractivity contribution in [1.82, 2.24) is 0 Å². The van der Waals surface area contributed by atoms with Gasteiger partial charge in [-0.25, -0.2) is 0 Å². The van der Waals surface area contributed by atoms with Crippen LogP contribution in [0.3, 0.4) is 0 Å². The second kappa shape index (κ2) is 8.32. The molecule has 2 amide bonds. The first-order valence-electron chi connectivity index (χ1n) is 10.5. The average Bonchev–Trinajstić information content (AvgIpc) is 3.32. The van der Waals surface area contributed by atoms with Crippen molar-refractivity contribution < 1.29 is 14.5 Å². The third-order valence-electron chi connectivity index (χ3n) is 6.18. The van der Waals surface area contributed by atoms with E-state index in [1.54, 1.807) is 24.3 Å². The molecule has 3 aromatic carbocycles. The minimum atomic E-state index is -3.64. The molecule has 2 aliphatic heterocycles. The van der Waals surface area contributed by atoms with Gasteiger partial charge >= 0.3 is 196 Å². The monoisotopic (exact) mass is 511 g/mol. The Hall–Kier alpha value is -2.73. The Labute approximate surface area is 195 Å². The standard InChI is InChI=1S/C24H23BrN3O3P/c25-18-11-13-21(14-12-18)28-23(29)17-22(24(28)30)32(31)26(19-7-3-1-4-8-19)15-16-27(32)20-9-5-2-6-10-20/h1-14,22,31-32H,15-17H2. The van der Waals surface area contributed by atoms with E-state index in [0.29, 0.717) is 18.8 Å². The molecule has 8 heteroatoms. The number of carbonyl (C=O) groups excluding carboxylic acids is 2. The predicted octanol–water partition coefficient (Wildman–Crippen LogP) is 4.60. The van der Waals surface area contributed by atoms with E-state index in [1.807, 2.05) is 70.0 Å². The topological polar surface area (TPSA) is 64.1 Å². The Morgan fingerprint density at radius 3 is 1.75 bits per heavy atom. The fourth-order valence-corrected chi connectivity index (χ4v) is 8.83. The number of hydrogen-bond acceptors (Lipinski definition) is 5. The van der Waals surface area contributed by atoms with E-state index in [4.69, 9.17) is 0 Å². The van der Waals surface area contributed by atoms with E-state index in [0.717, 1.165) is 15.8 Å². The van der Waals surface area contributed by atoms with Crippen LogP contribution in [0.1, 0.15) is 6.42 Å². The third-order valence-corrected chi connectivity index (χ3v) is 10.6. The summed E-state index contributed by atoms with van der Waals surface area (Å²) in [6.07, 6.45) is -0.00964. The number of halogens is 1. The molecule has 2 heterocycles. The number of hydrogen-bond donors (Lipinski definition) is 1. The van der Waals surface area contributed by atoms with Crippen LogP contribution in [-0.4, -0.2) is 35.5 Å². The van der Waals surface area contributed by atoms with Crippen LogP contribution in [0, 0.1) is 0 Å². The SMILES string of the molecule is O=C1CC([PH]2(O)N(c3ccccc3)CCN2c2ccccc2)C(=O)N1c1ccc(Br)cc1. The average molecular weight is 512 g/mol. The molecule has 0 spiro atoms. The van der Waals surface area contributed by atoms with Crippen LogP contribution in [0.15, 0.2) is 89.4 Å². The molecule has 0 radical (unpaired) electrons. The summed E-state index contributed by atoms with van der Waals surface area (Å²) in [5, 5.41) is 0. The number of nitrogens with zero attached hydrogens (tertiary/aromatic N) is 3. The van der Waals surface area contributed by atoms with Crippen molar-refractivity contribution in [2.45, 2.75) is 12.1 Å². The first kappa shape index (κ1) is 21.1. The van der Waals surface area contributed by atoms with Gasteiger partial charge in [-0.15, -0.1) is 0 Å². The molecule has 1 unspecified atom stereocenters. The molecular formula is C24H23BrN3O3P. The van der Waals surface area contributed by atoms with Crippen LogP contribution >= 0.6 is 23.7 Å². The van der Waals surface area contributed by atoms with Crippen LogP contribution in [0.4, 0.5) is 17.1 Å². The second-order valence-electron chi connectivity index (χ2n) is 7.96. The Balaban J connectivity index is 1.58. The first-order chi connectivity index (χ1) is 15.5. The Morgan fingerprint density at radius 1 is 0.750 bits per heavy atom. The number of para-hydroxylation sites is 2. The summed E-state index contributed by atoms with van der Waals surface area (Å²) in [7, 11) is -3.64. The molecule has 3 aromatic rings. The fraction of sp³-hybridized carbons (Fsp3) is 0.167. The molecule has 1 N–H and O–H groups in total. The van der Waals surface area contributed by atoms with Gasteiger partial charge in [0, 0.05) is 0 Å². The number of amides is 2. The molecule has 6 nitrogen and oxygen atoms in total. The first-order valence-corrected chi connectivity index (χ1v) is 13.2. The van der Waals surface area contributed by atoms with Gasteiger partial charge in [-0.1, -0.05) is 0 Å². The molecule has 0 saturated carbocycles. The summed E-state index contributed by atoms with van der Waals surface area (Å²) in [5.41, 5.74) is 1.45. The van der Waals surface area contributed by atoms with E-state index in [9.17, 15) is 14.5 Å². The molecule has 0 aliphatic carbocycles. The van der Waals surface area contributed by atoms with Crippen LogP contribution in [0.2, 0.25) is 0 Å². The fourth-order valence-electron chi connectivity index (χ4n) is 4.70. The zero-order valence-corrected chi connectivity index (χ0v) is 19.9. The zero-order chi connectivity index (χ0) is 22.3. The van der Waals surface area contributed by atoms with Crippen LogP contribution in [-0.2, 0) is 9.59 Å². The van der Waals surface area contributed by atoms with Crippen molar-refractivity contribution in [3.8, 4) is 0 Å². The zero-order valence-electron chi connectivity index (χ0n) is 17.3. The molecule has 164 valence electrons. The molecule has 2 fully saturated rings. The molecule has 2 saturated heterocycles. The van der Waals surface area contributed by atoms with Crippen molar-refractivity contribution in [3.63, 3.8) is 0 Å². The van der Waals surface area contributed by atoms with E-state index < -0.39 is 13.4 Å². The normalized spacial score (nSPS) is 21.3. The number of rotatable bonds is 4. The van der Waals surface area contributed by atoms with Gasteiger partial charge in [0.2, 0.25) is 0 Å². The third kappa shape index (κ3) is 3.41. The summed E-state index contributed by atoms with van der Waals surface area (Å²) in [6.45, 7) is 1.16. The Kier molecular flexibility index (Phi) is 5.49. The van der Waals surface area contributed by atoms with Crippen LogP contribution in [0.5, 0.6) is 0 Å². The van der Waals surface area contributed by atoms with Crippen LogP contribution < -0.4 is 14.2 Å². The summed E-state index contributed by atoms with van der Waals surface area (Å²) < 4.78 is 4.81. The van der Waals surface area contributed by atoms with Gasteiger partial charge in [0.25, 0.3) is 0 Å².